The summed E-state index contributed by atoms with van der Waals surface area (Å²) in [6.07, 6.45) is 2.37. The van der Waals surface area contributed by atoms with Crippen molar-refractivity contribution in [2.45, 2.75) is 45.6 Å². The predicted octanol–water partition coefficient (Wildman–Crippen LogP) is 3.99. The molecule has 0 aliphatic carbocycles. The van der Waals surface area contributed by atoms with E-state index in [4.69, 9.17) is 0 Å². The van der Waals surface area contributed by atoms with Crippen molar-refractivity contribution in [1.29, 1.82) is 0 Å². The molecule has 30 heavy (non-hydrogen) atoms. The molecule has 0 aliphatic heterocycles. The number of benzene rings is 2. The summed E-state index contributed by atoms with van der Waals surface area (Å²) in [4.78, 5) is 12.5. The Morgan fingerprint density at radius 2 is 1.67 bits per heavy atom. The van der Waals surface area contributed by atoms with Crippen molar-refractivity contribution >= 4 is 21.6 Å². The van der Waals surface area contributed by atoms with Crippen molar-refractivity contribution in [3.8, 4) is 0 Å². The Morgan fingerprint density at radius 1 is 1.03 bits per heavy atom. The Hall–Kier alpha value is -2.48. The second kappa shape index (κ2) is 10.0. The summed E-state index contributed by atoms with van der Waals surface area (Å²) in [5, 5.41) is 2.72. The topological polar surface area (TPSA) is 66.5 Å². The van der Waals surface area contributed by atoms with Crippen LogP contribution in [0.15, 0.2) is 42.5 Å². The summed E-state index contributed by atoms with van der Waals surface area (Å²) < 4.78 is 52.0. The largest absolute Gasteiger partial charge is 0.354 e. The number of halogens is 2. The van der Waals surface area contributed by atoms with Crippen LogP contribution in [-0.4, -0.2) is 33.2 Å². The minimum atomic E-state index is -3.89. The van der Waals surface area contributed by atoms with Crippen LogP contribution in [0.2, 0.25) is 0 Å². The van der Waals surface area contributed by atoms with Crippen LogP contribution in [0, 0.1) is 11.6 Å². The molecule has 0 radical (unpaired) electrons. The standard InChI is InChI=1S/C22H28F2N2O3S/c1-15(2)18-9-7-17(8-10-18)6-5-13-25-22(27)16(3)26(30(4,28)29)19-11-12-20(23)21(24)14-19/h7-12,14-16H,5-6,13H2,1-4H3,(H,25,27)/t16-/m1/s1. The number of carbonyl (C=O) groups is 1. The molecule has 2 aromatic carbocycles. The molecule has 164 valence electrons. The van der Waals surface area contributed by atoms with Gasteiger partial charge in [0, 0.05) is 12.6 Å². The van der Waals surface area contributed by atoms with Gasteiger partial charge in [0.05, 0.1) is 11.9 Å². The number of sulfonamides is 1. The number of rotatable bonds is 9. The zero-order valence-corrected chi connectivity index (χ0v) is 18.5. The average Bonchev–Trinajstić information content (AvgIpc) is 2.67. The zero-order chi connectivity index (χ0) is 22.5. The minimum absolute atomic E-state index is 0.107. The molecule has 8 heteroatoms. The predicted molar refractivity (Wildman–Crippen MR) is 115 cm³/mol. The van der Waals surface area contributed by atoms with Gasteiger partial charge in [0.1, 0.15) is 6.04 Å². The molecule has 1 atom stereocenters. The van der Waals surface area contributed by atoms with Crippen LogP contribution >= 0.6 is 0 Å². The second-order valence-corrected chi connectivity index (χ2v) is 9.48. The second-order valence-electron chi connectivity index (χ2n) is 7.62. The molecule has 0 heterocycles. The number of nitrogens with one attached hydrogen (secondary N) is 1. The summed E-state index contributed by atoms with van der Waals surface area (Å²) in [5.41, 5.74) is 2.31. The third-order valence-corrected chi connectivity index (χ3v) is 6.08. The van der Waals surface area contributed by atoms with Gasteiger partial charge < -0.3 is 5.32 Å². The summed E-state index contributed by atoms with van der Waals surface area (Å²) in [6, 6.07) is 9.92. The molecule has 5 nitrogen and oxygen atoms in total. The molecule has 2 aromatic rings. The first kappa shape index (κ1) is 23.8. The molecular formula is C22H28F2N2O3S. The number of nitrogens with zero attached hydrogens (tertiary/aromatic N) is 1. The summed E-state index contributed by atoms with van der Waals surface area (Å²) in [5.74, 6) is -2.32. The van der Waals surface area contributed by atoms with Crippen molar-refractivity contribution in [2.24, 2.45) is 0 Å². The zero-order valence-electron chi connectivity index (χ0n) is 17.7. The first-order valence-electron chi connectivity index (χ1n) is 9.81. The third-order valence-electron chi connectivity index (χ3n) is 4.83. The number of anilines is 1. The van der Waals surface area contributed by atoms with E-state index in [1.165, 1.54) is 12.5 Å². The number of hydrogen-bond acceptors (Lipinski definition) is 3. The number of carbonyl (C=O) groups excluding carboxylic acids is 1. The highest BCUT2D eigenvalue weighted by molar-refractivity contribution is 7.92. The third kappa shape index (κ3) is 6.26. The van der Waals surface area contributed by atoms with Gasteiger partial charge in [-0.15, -0.1) is 0 Å². The van der Waals surface area contributed by atoms with Crippen LogP contribution in [-0.2, 0) is 21.2 Å². The van der Waals surface area contributed by atoms with Crippen molar-refractivity contribution in [1.82, 2.24) is 5.32 Å². The first-order valence-corrected chi connectivity index (χ1v) is 11.7. The van der Waals surface area contributed by atoms with E-state index < -0.39 is 33.6 Å². The fourth-order valence-corrected chi connectivity index (χ4v) is 4.32. The first-order chi connectivity index (χ1) is 14.0. The summed E-state index contributed by atoms with van der Waals surface area (Å²) >= 11 is 0. The lowest BCUT2D eigenvalue weighted by atomic mass is 10.0. The van der Waals surface area contributed by atoms with Crippen molar-refractivity contribution in [3.63, 3.8) is 0 Å². The van der Waals surface area contributed by atoms with Crippen LogP contribution in [0.25, 0.3) is 0 Å². The van der Waals surface area contributed by atoms with E-state index in [9.17, 15) is 22.0 Å². The summed E-state index contributed by atoms with van der Waals surface area (Å²) in [6.45, 7) is 6.03. The van der Waals surface area contributed by atoms with Crippen molar-refractivity contribution in [2.75, 3.05) is 17.1 Å². The highest BCUT2D eigenvalue weighted by Gasteiger charge is 2.29. The Morgan fingerprint density at radius 3 is 2.20 bits per heavy atom. The van der Waals surface area contributed by atoms with Gasteiger partial charge in [-0.25, -0.2) is 17.2 Å². The molecular weight excluding hydrogens is 410 g/mol. The smallest absolute Gasteiger partial charge is 0.243 e. The quantitative estimate of drug-likeness (QED) is 0.602. The Labute approximate surface area is 177 Å². The van der Waals surface area contributed by atoms with Crippen LogP contribution < -0.4 is 9.62 Å². The van der Waals surface area contributed by atoms with Gasteiger partial charge in [-0.2, -0.15) is 0 Å². The van der Waals surface area contributed by atoms with Crippen molar-refractivity contribution in [3.05, 3.63) is 65.2 Å². The van der Waals surface area contributed by atoms with Crippen LogP contribution in [0.4, 0.5) is 14.5 Å². The summed E-state index contributed by atoms with van der Waals surface area (Å²) in [7, 11) is -3.89. The lowest BCUT2D eigenvalue weighted by molar-refractivity contribution is -0.121. The average molecular weight is 439 g/mol. The molecule has 0 saturated heterocycles. The maximum atomic E-state index is 13.6. The molecule has 1 N–H and O–H groups in total. The van der Waals surface area contributed by atoms with E-state index in [-0.39, 0.29) is 5.69 Å². The lowest BCUT2D eigenvalue weighted by Crippen LogP contribution is -2.48. The number of amides is 1. The number of aryl methyl sites for hydroxylation is 1. The van der Waals surface area contributed by atoms with Crippen molar-refractivity contribution < 1.29 is 22.0 Å². The van der Waals surface area contributed by atoms with Gasteiger partial charge >= 0.3 is 0 Å². The van der Waals surface area contributed by atoms with E-state index in [0.717, 1.165) is 40.7 Å². The van der Waals surface area contributed by atoms with Gasteiger partial charge in [-0.1, -0.05) is 38.1 Å². The molecule has 0 bridgehead atoms. The fraction of sp³-hybridized carbons (Fsp3) is 0.409. The highest BCUT2D eigenvalue weighted by Crippen LogP contribution is 2.23. The molecule has 0 fully saturated rings. The maximum absolute atomic E-state index is 13.6. The van der Waals surface area contributed by atoms with Gasteiger partial charge in [-0.05, 0) is 48.9 Å². The SMILES string of the molecule is CC(C)c1ccc(CCCNC(=O)[C@@H](C)N(c2ccc(F)c(F)c2)S(C)(=O)=O)cc1. The fourth-order valence-electron chi connectivity index (χ4n) is 3.15. The molecule has 0 spiro atoms. The van der Waals surface area contributed by atoms with Gasteiger partial charge in [0.15, 0.2) is 11.6 Å². The minimum Gasteiger partial charge on any atom is -0.354 e. The maximum Gasteiger partial charge on any atom is 0.243 e. The van der Waals surface area contributed by atoms with E-state index >= 15 is 0 Å². The lowest BCUT2D eigenvalue weighted by Gasteiger charge is -2.28. The molecule has 2 rings (SSSR count). The Kier molecular flexibility index (Phi) is 7.95. The van der Waals surface area contributed by atoms with Crippen LogP contribution in [0.3, 0.4) is 0 Å². The Balaban J connectivity index is 1.97. The molecule has 0 aliphatic rings. The van der Waals surface area contributed by atoms with Crippen LogP contribution in [0.1, 0.15) is 44.2 Å². The van der Waals surface area contributed by atoms with Gasteiger partial charge in [0.25, 0.3) is 0 Å². The van der Waals surface area contributed by atoms with E-state index in [0.29, 0.717) is 18.9 Å². The van der Waals surface area contributed by atoms with Gasteiger partial charge in [0.2, 0.25) is 15.9 Å². The molecule has 0 aromatic heterocycles. The molecule has 0 unspecified atom stereocenters. The van der Waals surface area contributed by atoms with E-state index in [1.54, 1.807) is 0 Å². The van der Waals surface area contributed by atoms with Gasteiger partial charge in [-0.3, -0.25) is 9.10 Å². The molecule has 1 amide bonds. The normalized spacial score (nSPS) is 12.6. The number of hydrogen-bond donors (Lipinski definition) is 1. The highest BCUT2D eigenvalue weighted by atomic mass is 32.2. The van der Waals surface area contributed by atoms with E-state index in [2.05, 4.69) is 43.4 Å². The van der Waals surface area contributed by atoms with E-state index in [1.807, 2.05) is 0 Å². The molecule has 0 saturated carbocycles. The van der Waals surface area contributed by atoms with Crippen LogP contribution in [0.5, 0.6) is 0 Å². The monoisotopic (exact) mass is 438 g/mol. The Bertz CT molecular complexity index is 976.